The van der Waals surface area contributed by atoms with E-state index in [9.17, 15) is 13.2 Å². The van der Waals surface area contributed by atoms with Crippen molar-refractivity contribution in [1.82, 2.24) is 14.9 Å². The van der Waals surface area contributed by atoms with E-state index in [4.69, 9.17) is 10.5 Å². The van der Waals surface area contributed by atoms with Gasteiger partial charge in [-0.05, 0) is 12.1 Å². The van der Waals surface area contributed by atoms with Gasteiger partial charge < -0.3 is 20.3 Å². The fourth-order valence-electron chi connectivity index (χ4n) is 2.62. The summed E-state index contributed by atoms with van der Waals surface area (Å²) in [4.78, 5) is 16.2. The quantitative estimate of drug-likeness (QED) is 0.470. The van der Waals surface area contributed by atoms with Gasteiger partial charge in [-0.2, -0.15) is 13.2 Å². The Morgan fingerprint density at radius 2 is 2.00 bits per heavy atom. The van der Waals surface area contributed by atoms with E-state index >= 15 is 0 Å². The fraction of sp³-hybridized carbons (Fsp3) is 0.438. The van der Waals surface area contributed by atoms with Gasteiger partial charge in [0.15, 0.2) is 11.1 Å². The SMILES string of the molecule is NC(=NCCOc1ncccc1C(F)(F)F)N1CCN(c2nccs2)CC1. The highest BCUT2D eigenvalue weighted by Crippen LogP contribution is 2.34. The third-order valence-electron chi connectivity index (χ3n) is 3.97. The number of halogens is 3. The van der Waals surface area contributed by atoms with E-state index in [-0.39, 0.29) is 13.2 Å². The number of piperazine rings is 1. The van der Waals surface area contributed by atoms with Gasteiger partial charge in [-0.25, -0.2) is 15.0 Å². The molecule has 27 heavy (non-hydrogen) atoms. The summed E-state index contributed by atoms with van der Waals surface area (Å²) in [5.41, 5.74) is 5.08. The first-order valence-corrected chi connectivity index (χ1v) is 9.17. The van der Waals surface area contributed by atoms with Crippen LogP contribution in [0.3, 0.4) is 0 Å². The Morgan fingerprint density at radius 3 is 2.67 bits per heavy atom. The summed E-state index contributed by atoms with van der Waals surface area (Å²) in [5, 5.41) is 2.91. The minimum Gasteiger partial charge on any atom is -0.475 e. The maximum atomic E-state index is 12.9. The monoisotopic (exact) mass is 400 g/mol. The molecule has 0 aliphatic carbocycles. The minimum atomic E-state index is -4.51. The molecule has 3 rings (SSSR count). The predicted octanol–water partition coefficient (Wildman–Crippen LogP) is 2.07. The van der Waals surface area contributed by atoms with Gasteiger partial charge >= 0.3 is 6.18 Å². The predicted molar refractivity (Wildman–Crippen MR) is 97.1 cm³/mol. The molecule has 3 heterocycles. The molecule has 1 aliphatic heterocycles. The van der Waals surface area contributed by atoms with Gasteiger partial charge in [0.25, 0.3) is 0 Å². The van der Waals surface area contributed by atoms with Crippen LogP contribution in [0, 0.1) is 0 Å². The Hall–Kier alpha value is -2.56. The molecule has 2 aromatic rings. The number of pyridine rings is 1. The van der Waals surface area contributed by atoms with E-state index in [1.165, 1.54) is 12.3 Å². The van der Waals surface area contributed by atoms with Crippen LogP contribution in [0.25, 0.3) is 0 Å². The lowest BCUT2D eigenvalue weighted by Crippen LogP contribution is -2.51. The number of guanidine groups is 1. The Kier molecular flexibility index (Phi) is 5.99. The number of nitrogens with zero attached hydrogens (tertiary/aromatic N) is 5. The molecule has 0 bridgehead atoms. The van der Waals surface area contributed by atoms with E-state index in [1.807, 2.05) is 10.3 Å². The number of nitrogens with two attached hydrogens (primary N) is 1. The molecule has 0 atom stereocenters. The van der Waals surface area contributed by atoms with Crippen molar-refractivity contribution in [2.75, 3.05) is 44.2 Å². The number of rotatable bonds is 5. The maximum Gasteiger partial charge on any atom is 0.421 e. The molecule has 2 aromatic heterocycles. The number of aromatic nitrogens is 2. The Balaban J connectivity index is 1.47. The fourth-order valence-corrected chi connectivity index (χ4v) is 3.32. The zero-order valence-electron chi connectivity index (χ0n) is 14.4. The molecule has 11 heteroatoms. The van der Waals surface area contributed by atoms with E-state index in [0.29, 0.717) is 19.0 Å². The zero-order valence-corrected chi connectivity index (χ0v) is 15.2. The summed E-state index contributed by atoms with van der Waals surface area (Å²) >= 11 is 1.59. The number of aliphatic imine (C=N–C) groups is 1. The average Bonchev–Trinajstić information content (AvgIpc) is 3.19. The Bertz CT molecular complexity index is 760. The second kappa shape index (κ2) is 8.42. The topological polar surface area (TPSA) is 79.9 Å². The average molecular weight is 400 g/mol. The molecule has 146 valence electrons. The van der Waals surface area contributed by atoms with E-state index < -0.39 is 17.6 Å². The van der Waals surface area contributed by atoms with Gasteiger partial charge in [-0.1, -0.05) is 0 Å². The number of alkyl halides is 3. The number of hydrogen-bond acceptors (Lipinski definition) is 6. The van der Waals surface area contributed by atoms with Crippen LogP contribution in [0.15, 0.2) is 34.9 Å². The maximum absolute atomic E-state index is 12.9. The van der Waals surface area contributed by atoms with Crippen molar-refractivity contribution >= 4 is 22.4 Å². The van der Waals surface area contributed by atoms with Crippen LogP contribution in [0.2, 0.25) is 0 Å². The van der Waals surface area contributed by atoms with Crippen molar-refractivity contribution < 1.29 is 17.9 Å². The summed E-state index contributed by atoms with van der Waals surface area (Å²) < 4.78 is 43.8. The van der Waals surface area contributed by atoms with E-state index in [0.717, 1.165) is 24.3 Å². The second-order valence-electron chi connectivity index (χ2n) is 5.73. The van der Waals surface area contributed by atoms with Crippen molar-refractivity contribution in [1.29, 1.82) is 0 Å². The number of thiazole rings is 1. The van der Waals surface area contributed by atoms with Crippen LogP contribution in [0.1, 0.15) is 5.56 Å². The molecule has 0 aromatic carbocycles. The molecule has 2 N–H and O–H groups in total. The van der Waals surface area contributed by atoms with Gasteiger partial charge in [-0.3, -0.25) is 0 Å². The van der Waals surface area contributed by atoms with Crippen molar-refractivity contribution in [3.05, 3.63) is 35.5 Å². The highest BCUT2D eigenvalue weighted by molar-refractivity contribution is 7.13. The highest BCUT2D eigenvalue weighted by atomic mass is 32.1. The molecule has 0 amide bonds. The van der Waals surface area contributed by atoms with Crippen molar-refractivity contribution in [3.63, 3.8) is 0 Å². The smallest absolute Gasteiger partial charge is 0.421 e. The molecule has 1 aliphatic rings. The number of hydrogen-bond donors (Lipinski definition) is 1. The molecular formula is C16H19F3N6OS. The Labute approximate surface area is 158 Å². The van der Waals surface area contributed by atoms with Crippen LogP contribution >= 0.6 is 11.3 Å². The number of ether oxygens (including phenoxy) is 1. The minimum absolute atomic E-state index is 0.0418. The first kappa shape index (κ1) is 19.2. The van der Waals surface area contributed by atoms with Gasteiger partial charge in [0.05, 0.1) is 6.54 Å². The van der Waals surface area contributed by atoms with E-state index in [2.05, 4.69) is 19.9 Å². The summed E-state index contributed by atoms with van der Waals surface area (Å²) in [6.07, 6.45) is -1.49. The molecule has 0 saturated carbocycles. The van der Waals surface area contributed by atoms with Crippen molar-refractivity contribution in [2.45, 2.75) is 6.18 Å². The molecular weight excluding hydrogens is 381 g/mol. The van der Waals surface area contributed by atoms with E-state index in [1.54, 1.807) is 17.5 Å². The first-order valence-electron chi connectivity index (χ1n) is 8.29. The van der Waals surface area contributed by atoms with Gasteiger partial charge in [0.1, 0.15) is 12.2 Å². The van der Waals surface area contributed by atoms with Crippen LogP contribution in [0.4, 0.5) is 18.3 Å². The zero-order chi connectivity index (χ0) is 19.3. The highest BCUT2D eigenvalue weighted by Gasteiger charge is 2.35. The summed E-state index contributed by atoms with van der Waals surface area (Å²) in [6, 6.07) is 2.15. The summed E-state index contributed by atoms with van der Waals surface area (Å²) in [7, 11) is 0. The first-order chi connectivity index (χ1) is 12.9. The van der Waals surface area contributed by atoms with Crippen LogP contribution < -0.4 is 15.4 Å². The molecule has 7 nitrogen and oxygen atoms in total. The molecule has 0 spiro atoms. The molecule has 0 unspecified atom stereocenters. The summed E-state index contributed by atoms with van der Waals surface area (Å²) in [5.74, 6) is -0.0923. The van der Waals surface area contributed by atoms with Crippen LogP contribution in [-0.2, 0) is 6.18 Å². The lowest BCUT2D eigenvalue weighted by Gasteiger charge is -2.35. The summed E-state index contributed by atoms with van der Waals surface area (Å²) in [6.45, 7) is 3.07. The largest absolute Gasteiger partial charge is 0.475 e. The van der Waals surface area contributed by atoms with Crippen molar-refractivity contribution in [2.24, 2.45) is 10.7 Å². The Morgan fingerprint density at radius 1 is 1.22 bits per heavy atom. The third kappa shape index (κ3) is 5.00. The van der Waals surface area contributed by atoms with Gasteiger partial charge in [0, 0.05) is 44.0 Å². The van der Waals surface area contributed by atoms with Gasteiger partial charge in [0.2, 0.25) is 5.88 Å². The third-order valence-corrected chi connectivity index (χ3v) is 4.81. The van der Waals surface area contributed by atoms with Crippen LogP contribution in [-0.4, -0.2) is 60.2 Å². The molecule has 1 fully saturated rings. The standard InChI is InChI=1S/C16H19F3N6OS/c17-16(18,19)12-2-1-3-21-13(12)26-10-4-22-14(20)24-6-8-25(9-7-24)15-23-5-11-27-15/h1-3,5,11H,4,6-10H2,(H2,20,22). The number of anilines is 1. The lowest BCUT2D eigenvalue weighted by molar-refractivity contribution is -0.139. The van der Waals surface area contributed by atoms with Crippen LogP contribution in [0.5, 0.6) is 5.88 Å². The van der Waals surface area contributed by atoms with Crippen molar-refractivity contribution in [3.8, 4) is 5.88 Å². The van der Waals surface area contributed by atoms with Gasteiger partial charge in [-0.15, -0.1) is 11.3 Å². The molecule has 1 saturated heterocycles. The lowest BCUT2D eigenvalue weighted by atomic mass is 10.2. The molecule has 0 radical (unpaired) electrons. The second-order valence-corrected chi connectivity index (χ2v) is 6.60. The normalized spacial score (nSPS) is 15.9.